The zero-order valence-electron chi connectivity index (χ0n) is 15.0. The maximum atomic E-state index is 13.0. The maximum Gasteiger partial charge on any atom is 0.461 e. The molecule has 2 aromatic rings. The monoisotopic (exact) mass is 431 g/mol. The molecule has 0 radical (unpaired) electrons. The molecule has 6 nitrogen and oxygen atoms in total. The summed E-state index contributed by atoms with van der Waals surface area (Å²) in [4.78, 5) is 12.1. The van der Waals surface area contributed by atoms with Crippen molar-refractivity contribution in [3.8, 4) is 11.5 Å². The number of anilines is 1. The fourth-order valence-corrected chi connectivity index (χ4v) is 2.25. The highest BCUT2D eigenvalue weighted by Gasteiger charge is 2.44. The van der Waals surface area contributed by atoms with E-state index in [9.17, 15) is 22.4 Å². The number of ether oxygens (including phenoxy) is 2. The number of hydrazine groups is 1. The minimum Gasteiger partial charge on any atom is -0.492 e. The van der Waals surface area contributed by atoms with E-state index in [0.29, 0.717) is 18.0 Å². The van der Waals surface area contributed by atoms with Crippen LogP contribution in [0.25, 0.3) is 0 Å². The third-order valence-electron chi connectivity index (χ3n) is 3.33. The van der Waals surface area contributed by atoms with Crippen LogP contribution >= 0.6 is 12.2 Å². The maximum absolute atomic E-state index is 13.0. The summed E-state index contributed by atoms with van der Waals surface area (Å²) in [6.07, 6.45) is -8.68. The van der Waals surface area contributed by atoms with E-state index in [4.69, 9.17) is 17.0 Å². The van der Waals surface area contributed by atoms with Crippen LogP contribution in [0.5, 0.6) is 11.5 Å². The van der Waals surface area contributed by atoms with Crippen molar-refractivity contribution in [2.45, 2.75) is 19.5 Å². The molecule has 2 rings (SSSR count). The van der Waals surface area contributed by atoms with Crippen LogP contribution in [-0.2, 0) is 0 Å². The van der Waals surface area contributed by atoms with Crippen LogP contribution in [0.15, 0.2) is 48.5 Å². The molecule has 0 aromatic heterocycles. The Bertz CT molecular complexity index is 868. The lowest BCUT2D eigenvalue weighted by Gasteiger charge is -2.17. The minimum atomic E-state index is -4.67. The molecule has 1 amide bonds. The van der Waals surface area contributed by atoms with Crippen LogP contribution in [0, 0.1) is 0 Å². The zero-order chi connectivity index (χ0) is 21.4. The van der Waals surface area contributed by atoms with Gasteiger partial charge in [0, 0.05) is 5.56 Å². The molecule has 0 bridgehead atoms. The number of hydrogen-bond acceptors (Lipinski definition) is 4. The molecule has 0 aliphatic heterocycles. The molecule has 11 heteroatoms. The van der Waals surface area contributed by atoms with Crippen molar-refractivity contribution in [3.63, 3.8) is 0 Å². The highest BCUT2D eigenvalue weighted by Crippen LogP contribution is 2.28. The fourth-order valence-electron chi connectivity index (χ4n) is 2.09. The Morgan fingerprint density at radius 2 is 1.86 bits per heavy atom. The SMILES string of the molecule is CCOc1ccccc1NC(=S)NNC(=O)c1cccc(OC(F)(F)C(F)F)c1. The number of halogens is 4. The minimum absolute atomic E-state index is 0.0298. The van der Waals surface area contributed by atoms with E-state index in [1.54, 1.807) is 24.3 Å². The van der Waals surface area contributed by atoms with Gasteiger partial charge in [0.1, 0.15) is 11.5 Å². The van der Waals surface area contributed by atoms with E-state index in [1.807, 2.05) is 6.92 Å². The Labute approximate surface area is 169 Å². The van der Waals surface area contributed by atoms with Crippen LogP contribution in [0.1, 0.15) is 17.3 Å². The molecule has 2 aromatic carbocycles. The van der Waals surface area contributed by atoms with E-state index < -0.39 is 24.2 Å². The summed E-state index contributed by atoms with van der Waals surface area (Å²) in [5.41, 5.74) is 5.15. The number of hydrogen-bond donors (Lipinski definition) is 3. The second-order valence-electron chi connectivity index (χ2n) is 5.45. The number of nitrogens with one attached hydrogen (secondary N) is 3. The molecule has 156 valence electrons. The Hall–Kier alpha value is -3.08. The zero-order valence-corrected chi connectivity index (χ0v) is 15.9. The molecule has 0 fully saturated rings. The predicted octanol–water partition coefficient (Wildman–Crippen LogP) is 3.95. The lowest BCUT2D eigenvalue weighted by Crippen LogP contribution is -2.43. The summed E-state index contributed by atoms with van der Waals surface area (Å²) in [6.45, 7) is 2.27. The first-order chi connectivity index (χ1) is 13.7. The van der Waals surface area contributed by atoms with Crippen molar-refractivity contribution in [1.29, 1.82) is 0 Å². The van der Waals surface area contributed by atoms with Crippen LogP contribution < -0.4 is 25.6 Å². The Morgan fingerprint density at radius 3 is 2.55 bits per heavy atom. The third-order valence-corrected chi connectivity index (χ3v) is 3.53. The van der Waals surface area contributed by atoms with Crippen LogP contribution in [0.4, 0.5) is 23.2 Å². The number of carbonyl (C=O) groups excluding carboxylic acids is 1. The lowest BCUT2D eigenvalue weighted by molar-refractivity contribution is -0.253. The number of alkyl halides is 4. The van der Waals surface area contributed by atoms with E-state index in [1.165, 1.54) is 12.1 Å². The first-order valence-electron chi connectivity index (χ1n) is 8.27. The van der Waals surface area contributed by atoms with Gasteiger partial charge >= 0.3 is 12.5 Å². The molecule has 3 N–H and O–H groups in total. The van der Waals surface area contributed by atoms with Crippen molar-refractivity contribution in [3.05, 3.63) is 54.1 Å². The first-order valence-corrected chi connectivity index (χ1v) is 8.68. The van der Waals surface area contributed by atoms with Gasteiger partial charge in [0.25, 0.3) is 5.91 Å². The molecule has 0 atom stereocenters. The van der Waals surface area contributed by atoms with Crippen molar-refractivity contribution in [2.24, 2.45) is 0 Å². The predicted molar refractivity (Wildman–Crippen MR) is 102 cm³/mol. The number of carbonyl (C=O) groups is 1. The van der Waals surface area contributed by atoms with Gasteiger partial charge in [0.15, 0.2) is 5.11 Å². The molecule has 0 aliphatic rings. The second kappa shape index (κ2) is 9.92. The van der Waals surface area contributed by atoms with Gasteiger partial charge in [-0.25, -0.2) is 0 Å². The van der Waals surface area contributed by atoms with Crippen molar-refractivity contribution >= 4 is 28.9 Å². The second-order valence-corrected chi connectivity index (χ2v) is 5.86. The standard InChI is InChI=1S/C18H17F4N3O3S/c1-2-27-14-9-4-3-8-13(14)23-17(29)25-24-15(26)11-6-5-7-12(10-11)28-18(21,22)16(19)20/h3-10,16H,2H2,1H3,(H,24,26)(H2,23,25,29). The summed E-state index contributed by atoms with van der Waals surface area (Å²) in [5.74, 6) is -0.789. The first kappa shape index (κ1) is 22.2. The van der Waals surface area contributed by atoms with Gasteiger partial charge in [-0.05, 0) is 49.5 Å². The number of para-hydroxylation sites is 2. The van der Waals surface area contributed by atoms with Gasteiger partial charge in [-0.2, -0.15) is 17.6 Å². The average molecular weight is 431 g/mol. The number of amides is 1. The smallest absolute Gasteiger partial charge is 0.461 e. The highest BCUT2D eigenvalue weighted by molar-refractivity contribution is 7.80. The quantitative estimate of drug-likeness (QED) is 0.350. The third kappa shape index (κ3) is 6.49. The summed E-state index contributed by atoms with van der Waals surface area (Å²) in [7, 11) is 0. The Kier molecular flexibility index (Phi) is 7.59. The summed E-state index contributed by atoms with van der Waals surface area (Å²) in [6, 6.07) is 11.4. The fraction of sp³-hybridized carbons (Fsp3) is 0.222. The number of thiocarbonyl (C=S) groups is 1. The largest absolute Gasteiger partial charge is 0.492 e. The molecule has 0 saturated carbocycles. The van der Waals surface area contributed by atoms with Crippen LogP contribution in [-0.4, -0.2) is 30.2 Å². The summed E-state index contributed by atoms with van der Waals surface area (Å²) >= 11 is 5.07. The Morgan fingerprint density at radius 1 is 1.14 bits per heavy atom. The number of rotatable bonds is 7. The van der Waals surface area contributed by atoms with Gasteiger partial charge in [-0.1, -0.05) is 18.2 Å². The number of benzene rings is 2. The van der Waals surface area contributed by atoms with Gasteiger partial charge in [0.2, 0.25) is 0 Å². The van der Waals surface area contributed by atoms with Gasteiger partial charge in [-0.3, -0.25) is 15.6 Å². The normalized spacial score (nSPS) is 11.0. The summed E-state index contributed by atoms with van der Waals surface area (Å²) < 4.78 is 59.8. The van der Waals surface area contributed by atoms with Crippen molar-refractivity contribution in [1.82, 2.24) is 10.9 Å². The molecular weight excluding hydrogens is 414 g/mol. The van der Waals surface area contributed by atoms with E-state index >= 15 is 0 Å². The average Bonchev–Trinajstić information content (AvgIpc) is 2.67. The van der Waals surface area contributed by atoms with Crippen LogP contribution in [0.2, 0.25) is 0 Å². The molecular formula is C18H17F4N3O3S. The van der Waals surface area contributed by atoms with Crippen molar-refractivity contribution in [2.75, 3.05) is 11.9 Å². The molecule has 0 unspecified atom stereocenters. The summed E-state index contributed by atoms with van der Waals surface area (Å²) in [5, 5.41) is 2.86. The van der Waals surface area contributed by atoms with Gasteiger partial charge in [0.05, 0.1) is 12.3 Å². The molecule has 0 saturated heterocycles. The lowest BCUT2D eigenvalue weighted by atomic mass is 10.2. The molecule has 0 aliphatic carbocycles. The van der Waals surface area contributed by atoms with E-state index in [2.05, 4.69) is 20.9 Å². The van der Waals surface area contributed by atoms with Crippen LogP contribution in [0.3, 0.4) is 0 Å². The van der Waals surface area contributed by atoms with Crippen molar-refractivity contribution < 1.29 is 31.8 Å². The topological polar surface area (TPSA) is 71.6 Å². The molecule has 29 heavy (non-hydrogen) atoms. The van der Waals surface area contributed by atoms with E-state index in [-0.39, 0.29) is 10.7 Å². The highest BCUT2D eigenvalue weighted by atomic mass is 32.1. The molecule has 0 spiro atoms. The Balaban J connectivity index is 1.96. The van der Waals surface area contributed by atoms with E-state index in [0.717, 1.165) is 12.1 Å². The van der Waals surface area contributed by atoms with Gasteiger partial charge < -0.3 is 14.8 Å². The van der Waals surface area contributed by atoms with Gasteiger partial charge in [-0.15, -0.1) is 0 Å². The molecule has 0 heterocycles.